The van der Waals surface area contributed by atoms with Crippen LogP contribution >= 0.6 is 26.1 Å². The van der Waals surface area contributed by atoms with Crippen molar-refractivity contribution in [3.63, 3.8) is 0 Å². The summed E-state index contributed by atoms with van der Waals surface area (Å²) in [6.07, 6.45) is -1.15. The standard InChI is InChI=1S/C4H10O6P3/c1-3(9-12-6)4(10-13-7)2-8-11-5/h3-4,11-13H,2H2,1H3/q+3. The normalized spacial score (nSPS) is 16.4. The Morgan fingerprint density at radius 2 is 1.69 bits per heavy atom. The largest absolute Gasteiger partial charge is 0.494 e. The minimum absolute atomic E-state index is 0.0111. The maximum absolute atomic E-state index is 10.2. The summed E-state index contributed by atoms with van der Waals surface area (Å²) in [6.45, 7) is 1.58. The zero-order valence-electron chi connectivity index (χ0n) is 6.81. The maximum Gasteiger partial charge on any atom is 0.494 e. The quantitative estimate of drug-likeness (QED) is 0.606. The van der Waals surface area contributed by atoms with Gasteiger partial charge in [-0.1, -0.05) is 0 Å². The molecule has 13 heavy (non-hydrogen) atoms. The predicted octanol–water partition coefficient (Wildman–Crippen LogP) is 1.61. The van der Waals surface area contributed by atoms with E-state index in [1.165, 1.54) is 0 Å². The highest BCUT2D eigenvalue weighted by Crippen LogP contribution is 2.16. The second-order valence-electron chi connectivity index (χ2n) is 2.04. The fourth-order valence-electron chi connectivity index (χ4n) is 0.595. The van der Waals surface area contributed by atoms with Crippen LogP contribution in [0.3, 0.4) is 0 Å². The van der Waals surface area contributed by atoms with Crippen LogP contribution in [0.5, 0.6) is 0 Å². The molecule has 0 spiro atoms. The van der Waals surface area contributed by atoms with Gasteiger partial charge in [-0.05, 0) is 20.6 Å². The smallest absolute Gasteiger partial charge is 0.145 e. The van der Waals surface area contributed by atoms with Gasteiger partial charge in [0.05, 0.1) is 0 Å². The van der Waals surface area contributed by atoms with Crippen LogP contribution in [0.2, 0.25) is 0 Å². The first-order chi connectivity index (χ1) is 6.26. The summed E-state index contributed by atoms with van der Waals surface area (Å²) in [5, 5.41) is 0. The fraction of sp³-hybridized carbons (Fsp3) is 1.00. The van der Waals surface area contributed by atoms with Gasteiger partial charge in [-0.15, -0.1) is 13.6 Å². The first-order valence-corrected chi connectivity index (χ1v) is 5.75. The van der Waals surface area contributed by atoms with Gasteiger partial charge in [-0.25, -0.2) is 0 Å². The minimum atomic E-state index is -0.961. The lowest BCUT2D eigenvalue weighted by atomic mass is 10.2. The van der Waals surface area contributed by atoms with Gasteiger partial charge in [0.2, 0.25) is 0 Å². The number of hydrogen-bond acceptors (Lipinski definition) is 6. The van der Waals surface area contributed by atoms with Crippen LogP contribution in [0.1, 0.15) is 6.92 Å². The van der Waals surface area contributed by atoms with E-state index < -0.39 is 38.3 Å². The molecule has 0 fully saturated rings. The lowest BCUT2D eigenvalue weighted by molar-refractivity contribution is 0.0509. The van der Waals surface area contributed by atoms with E-state index in [-0.39, 0.29) is 6.61 Å². The molecule has 9 heteroatoms. The molecule has 0 aliphatic carbocycles. The number of hydrogen-bond donors (Lipinski definition) is 0. The molecule has 5 unspecified atom stereocenters. The van der Waals surface area contributed by atoms with Crippen LogP contribution in [0.4, 0.5) is 0 Å². The molecule has 6 nitrogen and oxygen atoms in total. The van der Waals surface area contributed by atoms with Gasteiger partial charge < -0.3 is 0 Å². The molecule has 5 atom stereocenters. The van der Waals surface area contributed by atoms with Gasteiger partial charge >= 0.3 is 26.1 Å². The van der Waals surface area contributed by atoms with Crippen LogP contribution in [-0.4, -0.2) is 18.8 Å². The van der Waals surface area contributed by atoms with Crippen molar-refractivity contribution in [2.75, 3.05) is 6.61 Å². The van der Waals surface area contributed by atoms with Crippen molar-refractivity contribution >= 4 is 26.1 Å². The molecule has 0 heterocycles. The van der Waals surface area contributed by atoms with Crippen LogP contribution in [0, 0.1) is 0 Å². The van der Waals surface area contributed by atoms with E-state index in [9.17, 15) is 13.7 Å². The van der Waals surface area contributed by atoms with Gasteiger partial charge in [0.25, 0.3) is 0 Å². The molecule has 0 saturated carbocycles. The summed E-state index contributed by atoms with van der Waals surface area (Å²) in [4.78, 5) is 0. The summed E-state index contributed by atoms with van der Waals surface area (Å²) in [5.74, 6) is 0. The van der Waals surface area contributed by atoms with Crippen molar-refractivity contribution in [3.8, 4) is 0 Å². The summed E-state index contributed by atoms with van der Waals surface area (Å²) >= 11 is 0. The SMILES string of the molecule is CC(O[PH+]=O)C(CO[PH+]=O)O[PH+]=O. The Balaban J connectivity index is 3.95. The van der Waals surface area contributed by atoms with Crippen LogP contribution in [0.25, 0.3) is 0 Å². The maximum atomic E-state index is 10.2. The zero-order chi connectivity index (χ0) is 10.1. The monoisotopic (exact) mass is 247 g/mol. The molecule has 0 aromatic rings. The summed E-state index contributed by atoms with van der Waals surface area (Å²) < 4.78 is 44.2. The molecule has 0 saturated heterocycles. The third-order valence-corrected chi connectivity index (χ3v) is 2.42. The summed E-state index contributed by atoms with van der Waals surface area (Å²) in [7, 11) is -2.79. The molecule has 0 aromatic carbocycles. The van der Waals surface area contributed by atoms with Crippen LogP contribution in [0.15, 0.2) is 0 Å². The molecule has 0 aromatic heterocycles. The first-order valence-electron chi connectivity index (χ1n) is 3.30. The molecule has 0 N–H and O–H groups in total. The van der Waals surface area contributed by atoms with E-state index in [1.807, 2.05) is 0 Å². The molecular formula is C4H10O6P3+3. The van der Waals surface area contributed by atoms with E-state index in [0.717, 1.165) is 0 Å². The molecule has 0 amide bonds. The lowest BCUT2D eigenvalue weighted by Crippen LogP contribution is -2.28. The van der Waals surface area contributed by atoms with E-state index in [1.54, 1.807) is 6.92 Å². The van der Waals surface area contributed by atoms with Crippen LogP contribution in [-0.2, 0) is 27.3 Å². The van der Waals surface area contributed by atoms with E-state index in [2.05, 4.69) is 9.05 Å². The van der Waals surface area contributed by atoms with Gasteiger partial charge in [0.1, 0.15) is 12.7 Å². The molecule has 0 aliphatic rings. The average Bonchev–Trinajstić information content (AvgIpc) is 2.12. The second-order valence-corrected chi connectivity index (χ2v) is 3.30. The van der Waals surface area contributed by atoms with Crippen molar-refractivity contribution in [3.05, 3.63) is 0 Å². The Morgan fingerprint density at radius 3 is 2.15 bits per heavy atom. The molecule has 0 aliphatic heterocycles. The van der Waals surface area contributed by atoms with Gasteiger partial charge in [0.15, 0.2) is 6.10 Å². The molecule has 74 valence electrons. The number of rotatable bonds is 8. The highest BCUT2D eigenvalue weighted by Gasteiger charge is 2.27. The van der Waals surface area contributed by atoms with Crippen molar-refractivity contribution in [2.24, 2.45) is 0 Å². The summed E-state index contributed by atoms with van der Waals surface area (Å²) in [6, 6.07) is 0. The van der Waals surface area contributed by atoms with Crippen molar-refractivity contribution in [1.82, 2.24) is 0 Å². The third kappa shape index (κ3) is 6.28. The zero-order valence-corrected chi connectivity index (χ0v) is 9.81. The van der Waals surface area contributed by atoms with E-state index >= 15 is 0 Å². The first kappa shape index (κ1) is 13.2. The van der Waals surface area contributed by atoms with Gasteiger partial charge in [0, 0.05) is 0 Å². The highest BCUT2D eigenvalue weighted by molar-refractivity contribution is 7.17. The molecular weight excluding hydrogens is 237 g/mol. The summed E-state index contributed by atoms with van der Waals surface area (Å²) in [5.41, 5.74) is 0. The van der Waals surface area contributed by atoms with E-state index in [0.29, 0.717) is 0 Å². The molecule has 0 bridgehead atoms. The topological polar surface area (TPSA) is 78.9 Å². The highest BCUT2D eigenvalue weighted by atomic mass is 31.1. The Morgan fingerprint density at radius 1 is 1.08 bits per heavy atom. The van der Waals surface area contributed by atoms with Gasteiger partial charge in [-0.2, -0.15) is 0 Å². The van der Waals surface area contributed by atoms with Crippen LogP contribution < -0.4 is 0 Å². The average molecular weight is 247 g/mol. The minimum Gasteiger partial charge on any atom is -0.145 e. The molecule has 0 radical (unpaired) electrons. The van der Waals surface area contributed by atoms with Crippen molar-refractivity contribution in [2.45, 2.75) is 19.1 Å². The fourth-order valence-corrected chi connectivity index (χ4v) is 1.51. The molecule has 0 rings (SSSR count). The van der Waals surface area contributed by atoms with E-state index in [4.69, 9.17) is 4.52 Å². The Labute approximate surface area is 79.8 Å². The lowest BCUT2D eigenvalue weighted by Gasteiger charge is -2.08. The Bertz CT molecular complexity index is 175. The third-order valence-electron chi connectivity index (χ3n) is 1.26. The predicted molar refractivity (Wildman–Crippen MR) is 48.4 cm³/mol. The Kier molecular flexibility index (Phi) is 8.89. The van der Waals surface area contributed by atoms with Gasteiger partial charge in [-0.3, -0.25) is 0 Å². The Hall–Kier alpha value is 0.180. The van der Waals surface area contributed by atoms with Crippen molar-refractivity contribution in [1.29, 1.82) is 0 Å². The van der Waals surface area contributed by atoms with Crippen molar-refractivity contribution < 1.29 is 27.3 Å². The second kappa shape index (κ2) is 8.76.